The van der Waals surface area contributed by atoms with Gasteiger partial charge in [0, 0.05) is 24.3 Å². The number of rotatable bonds is 2. The molecule has 0 spiro atoms. The van der Waals surface area contributed by atoms with E-state index in [0.717, 1.165) is 5.75 Å². The number of hydrogen-bond donors (Lipinski definition) is 2. The van der Waals surface area contributed by atoms with Gasteiger partial charge in [-0.2, -0.15) is 16.7 Å². The highest BCUT2D eigenvalue weighted by Crippen LogP contribution is 2.24. The van der Waals surface area contributed by atoms with Crippen LogP contribution in [0.15, 0.2) is 0 Å². The van der Waals surface area contributed by atoms with Gasteiger partial charge in [-0.3, -0.25) is 0 Å². The fraction of sp³-hybridized carbons (Fsp3) is 0.714. The van der Waals surface area contributed by atoms with Gasteiger partial charge in [0.15, 0.2) is 9.84 Å². The second-order valence-electron chi connectivity index (χ2n) is 3.57. The molecule has 1 unspecified atom stereocenters. The molecule has 1 aromatic heterocycles. The Balaban J connectivity index is 2.30. The van der Waals surface area contributed by atoms with Crippen LogP contribution in [-0.2, 0) is 9.84 Å². The number of thioether (sulfide) groups is 1. The molecule has 1 fully saturated rings. The Labute approximate surface area is 97.7 Å². The maximum absolute atomic E-state index is 11.6. The Morgan fingerprint density at radius 3 is 2.94 bits per heavy atom. The molecule has 7 nitrogen and oxygen atoms in total. The molecule has 0 radical (unpaired) electrons. The Morgan fingerprint density at radius 2 is 2.38 bits per heavy atom. The minimum absolute atomic E-state index is 0.195. The third kappa shape index (κ3) is 2.24. The first-order chi connectivity index (χ1) is 7.48. The van der Waals surface area contributed by atoms with Crippen LogP contribution in [0.3, 0.4) is 0 Å². The van der Waals surface area contributed by atoms with Crippen molar-refractivity contribution in [2.45, 2.75) is 5.37 Å². The van der Waals surface area contributed by atoms with Crippen molar-refractivity contribution in [3.8, 4) is 0 Å². The zero-order valence-electron chi connectivity index (χ0n) is 8.75. The Bertz CT molecular complexity index is 471. The number of anilines is 2. The molecule has 0 bridgehead atoms. The SMILES string of the molecule is CS(=O)(=O)C1CSCCN1c1n[nH]c(N)n1. The lowest BCUT2D eigenvalue weighted by Crippen LogP contribution is -2.47. The first-order valence-electron chi connectivity index (χ1n) is 4.69. The summed E-state index contributed by atoms with van der Waals surface area (Å²) in [6.07, 6.45) is 1.23. The summed E-state index contributed by atoms with van der Waals surface area (Å²) in [5.74, 6) is 1.95. The molecule has 1 atom stereocenters. The highest BCUT2D eigenvalue weighted by Gasteiger charge is 2.33. The molecule has 1 aliphatic heterocycles. The molecule has 3 N–H and O–H groups in total. The van der Waals surface area contributed by atoms with Crippen LogP contribution in [0.5, 0.6) is 0 Å². The van der Waals surface area contributed by atoms with Gasteiger partial charge in [0.1, 0.15) is 5.37 Å². The lowest BCUT2D eigenvalue weighted by atomic mass is 10.5. The highest BCUT2D eigenvalue weighted by atomic mass is 32.2. The lowest BCUT2D eigenvalue weighted by molar-refractivity contribution is 0.583. The third-order valence-corrected chi connectivity index (χ3v) is 4.97. The Kier molecular flexibility index (Phi) is 2.98. The van der Waals surface area contributed by atoms with Crippen molar-refractivity contribution in [2.75, 3.05) is 34.9 Å². The van der Waals surface area contributed by atoms with Gasteiger partial charge in [-0.25, -0.2) is 13.5 Å². The fourth-order valence-electron chi connectivity index (χ4n) is 1.56. The van der Waals surface area contributed by atoms with Gasteiger partial charge in [0.25, 0.3) is 0 Å². The summed E-state index contributed by atoms with van der Waals surface area (Å²) in [5.41, 5.74) is 5.43. The number of H-pyrrole nitrogens is 1. The predicted octanol–water partition coefficient (Wildman–Crippen LogP) is -0.689. The van der Waals surface area contributed by atoms with Gasteiger partial charge < -0.3 is 10.6 Å². The zero-order chi connectivity index (χ0) is 11.8. The molecule has 2 rings (SSSR count). The Morgan fingerprint density at radius 1 is 1.62 bits per heavy atom. The molecule has 16 heavy (non-hydrogen) atoms. The van der Waals surface area contributed by atoms with Gasteiger partial charge in [0.2, 0.25) is 11.9 Å². The predicted molar refractivity (Wildman–Crippen MR) is 64.1 cm³/mol. The zero-order valence-corrected chi connectivity index (χ0v) is 10.4. The second-order valence-corrected chi connectivity index (χ2v) is 6.93. The maximum atomic E-state index is 11.6. The molecule has 0 aliphatic carbocycles. The first-order valence-corrected chi connectivity index (χ1v) is 7.80. The lowest BCUT2D eigenvalue weighted by Gasteiger charge is -2.32. The van der Waals surface area contributed by atoms with Crippen molar-refractivity contribution in [3.05, 3.63) is 0 Å². The van der Waals surface area contributed by atoms with Crippen LogP contribution >= 0.6 is 11.8 Å². The van der Waals surface area contributed by atoms with Crippen LogP contribution in [0.25, 0.3) is 0 Å². The van der Waals surface area contributed by atoms with Crippen molar-refractivity contribution in [2.24, 2.45) is 0 Å². The number of sulfone groups is 1. The molecule has 0 saturated carbocycles. The van der Waals surface area contributed by atoms with E-state index in [-0.39, 0.29) is 5.95 Å². The maximum Gasteiger partial charge on any atom is 0.247 e. The number of nitrogens with two attached hydrogens (primary N) is 1. The summed E-state index contributed by atoms with van der Waals surface area (Å²) in [5, 5.41) is 5.84. The quantitative estimate of drug-likeness (QED) is 0.727. The molecular weight excluding hydrogens is 250 g/mol. The molecule has 2 heterocycles. The second kappa shape index (κ2) is 4.13. The third-order valence-electron chi connectivity index (χ3n) is 2.33. The van der Waals surface area contributed by atoms with E-state index in [4.69, 9.17) is 5.73 Å². The molecule has 1 aromatic rings. The molecule has 9 heteroatoms. The van der Waals surface area contributed by atoms with Gasteiger partial charge in [0.05, 0.1) is 0 Å². The average molecular weight is 263 g/mol. The molecule has 1 saturated heterocycles. The van der Waals surface area contributed by atoms with Gasteiger partial charge in [-0.1, -0.05) is 0 Å². The summed E-state index contributed by atoms with van der Waals surface area (Å²) < 4.78 is 23.2. The minimum atomic E-state index is -3.14. The molecule has 0 amide bonds. The van der Waals surface area contributed by atoms with Crippen molar-refractivity contribution in [1.82, 2.24) is 15.2 Å². The highest BCUT2D eigenvalue weighted by molar-refractivity contribution is 8.01. The minimum Gasteiger partial charge on any atom is -0.368 e. The Hall–Kier alpha value is -0.960. The van der Waals surface area contributed by atoms with Crippen LogP contribution < -0.4 is 10.6 Å². The number of aromatic nitrogens is 3. The normalized spacial score (nSPS) is 22.3. The number of nitrogens with zero attached hydrogens (tertiary/aromatic N) is 3. The van der Waals surface area contributed by atoms with Gasteiger partial charge in [-0.15, -0.1) is 5.10 Å². The molecule has 1 aliphatic rings. The molecule has 90 valence electrons. The topological polar surface area (TPSA) is 105 Å². The van der Waals surface area contributed by atoms with E-state index in [0.29, 0.717) is 18.2 Å². The van der Waals surface area contributed by atoms with Crippen molar-refractivity contribution >= 4 is 33.5 Å². The van der Waals surface area contributed by atoms with E-state index in [9.17, 15) is 8.42 Å². The van der Waals surface area contributed by atoms with Crippen molar-refractivity contribution in [3.63, 3.8) is 0 Å². The van der Waals surface area contributed by atoms with Gasteiger partial charge in [-0.05, 0) is 0 Å². The summed E-state index contributed by atoms with van der Waals surface area (Å²) in [7, 11) is -3.14. The average Bonchev–Trinajstić information content (AvgIpc) is 2.64. The van der Waals surface area contributed by atoms with Crippen molar-refractivity contribution in [1.29, 1.82) is 0 Å². The van der Waals surface area contributed by atoms with Crippen molar-refractivity contribution < 1.29 is 8.42 Å². The molecule has 0 aromatic carbocycles. The monoisotopic (exact) mass is 263 g/mol. The summed E-state index contributed by atoms with van der Waals surface area (Å²) >= 11 is 1.62. The van der Waals surface area contributed by atoms with E-state index < -0.39 is 15.2 Å². The summed E-state index contributed by atoms with van der Waals surface area (Å²) in [4.78, 5) is 5.64. The van der Waals surface area contributed by atoms with E-state index in [1.54, 1.807) is 16.7 Å². The number of aromatic amines is 1. The van der Waals surface area contributed by atoms with E-state index in [2.05, 4.69) is 15.2 Å². The van der Waals surface area contributed by atoms with Crippen LogP contribution in [0.4, 0.5) is 11.9 Å². The van der Waals surface area contributed by atoms with Crippen LogP contribution in [0.1, 0.15) is 0 Å². The number of nitrogen functional groups attached to an aromatic ring is 1. The van der Waals surface area contributed by atoms with Crippen LogP contribution in [-0.4, -0.2) is 53.3 Å². The number of nitrogens with one attached hydrogen (secondary N) is 1. The molecular formula is C7H13N5O2S2. The fourth-order valence-corrected chi connectivity index (χ4v) is 4.37. The standard InChI is InChI=1S/C7H13N5O2S2/c1-16(13,14)5-4-15-3-2-12(5)7-9-6(8)10-11-7/h5H,2-4H2,1H3,(H3,8,9,10,11). The number of hydrogen-bond acceptors (Lipinski definition) is 7. The van der Waals surface area contributed by atoms with Crippen LogP contribution in [0, 0.1) is 0 Å². The van der Waals surface area contributed by atoms with E-state index >= 15 is 0 Å². The largest absolute Gasteiger partial charge is 0.368 e. The smallest absolute Gasteiger partial charge is 0.247 e. The van der Waals surface area contributed by atoms with E-state index in [1.165, 1.54) is 6.26 Å². The first kappa shape index (κ1) is 11.5. The summed E-state index contributed by atoms with van der Waals surface area (Å²) in [6.45, 7) is 0.611. The van der Waals surface area contributed by atoms with Gasteiger partial charge >= 0.3 is 0 Å². The van der Waals surface area contributed by atoms with E-state index in [1.807, 2.05) is 0 Å². The van der Waals surface area contributed by atoms with Crippen LogP contribution in [0.2, 0.25) is 0 Å². The summed E-state index contributed by atoms with van der Waals surface area (Å²) in [6, 6.07) is 0.